The number of rotatable bonds is 14. The Morgan fingerprint density at radius 3 is 1.89 bits per heavy atom. The van der Waals surface area contributed by atoms with Crippen LogP contribution in [0.4, 0.5) is 5.69 Å². The van der Waals surface area contributed by atoms with Crippen molar-refractivity contribution in [1.29, 1.82) is 0 Å². The lowest BCUT2D eigenvalue weighted by Crippen LogP contribution is -2.53. The minimum atomic E-state index is -4.13. The fourth-order valence-electron chi connectivity index (χ4n) is 5.04. The van der Waals surface area contributed by atoms with Gasteiger partial charge in [0.05, 0.1) is 10.6 Å². The van der Waals surface area contributed by atoms with Crippen LogP contribution in [0, 0.1) is 5.92 Å². The highest BCUT2D eigenvalue weighted by molar-refractivity contribution is 7.92. The number of aryl methyl sites for hydroxylation is 1. The molecule has 0 spiro atoms. The number of anilines is 1. The van der Waals surface area contributed by atoms with E-state index in [2.05, 4.69) is 5.32 Å². The Morgan fingerprint density at radius 1 is 0.750 bits per heavy atom. The van der Waals surface area contributed by atoms with Crippen molar-refractivity contribution < 1.29 is 18.0 Å². The molecule has 4 aromatic rings. The Kier molecular flexibility index (Phi) is 11.3. The van der Waals surface area contributed by atoms with E-state index in [0.717, 1.165) is 16.7 Å². The van der Waals surface area contributed by atoms with E-state index >= 15 is 0 Å². The highest BCUT2D eigenvalue weighted by Crippen LogP contribution is 2.28. The average molecular weight is 612 g/mol. The monoisotopic (exact) mass is 611 g/mol. The molecule has 0 aliphatic carbocycles. The highest BCUT2D eigenvalue weighted by atomic mass is 32.2. The van der Waals surface area contributed by atoms with E-state index in [-0.39, 0.29) is 29.7 Å². The summed E-state index contributed by atoms with van der Waals surface area (Å²) in [5.74, 6) is -0.537. The molecular weight excluding hydrogens is 570 g/mol. The number of amides is 2. The van der Waals surface area contributed by atoms with Gasteiger partial charge in [0.1, 0.15) is 12.6 Å². The van der Waals surface area contributed by atoms with Crippen molar-refractivity contribution in [2.75, 3.05) is 17.4 Å². The van der Waals surface area contributed by atoms with Crippen molar-refractivity contribution in [2.24, 2.45) is 5.92 Å². The molecule has 7 nitrogen and oxygen atoms in total. The molecule has 0 aliphatic heterocycles. The molecule has 8 heteroatoms. The van der Waals surface area contributed by atoms with Gasteiger partial charge in [0, 0.05) is 19.5 Å². The van der Waals surface area contributed by atoms with Crippen molar-refractivity contribution in [1.82, 2.24) is 10.2 Å². The molecular formula is C36H41N3O4S. The second kappa shape index (κ2) is 15.3. The maximum Gasteiger partial charge on any atom is 0.264 e. The summed E-state index contributed by atoms with van der Waals surface area (Å²) >= 11 is 0. The molecule has 0 aliphatic rings. The van der Waals surface area contributed by atoms with Gasteiger partial charge in [-0.25, -0.2) is 8.42 Å². The number of hydrogen-bond acceptors (Lipinski definition) is 4. The number of carbonyl (C=O) groups is 2. The summed E-state index contributed by atoms with van der Waals surface area (Å²) in [4.78, 5) is 30.0. The fourth-order valence-corrected chi connectivity index (χ4v) is 6.52. The van der Waals surface area contributed by atoms with E-state index in [1.54, 1.807) is 30.3 Å². The smallest absolute Gasteiger partial charge is 0.264 e. The normalized spacial score (nSPS) is 12.0. The second-order valence-electron chi connectivity index (χ2n) is 11.2. The Bertz CT molecular complexity index is 1610. The molecule has 44 heavy (non-hydrogen) atoms. The van der Waals surface area contributed by atoms with Crippen molar-refractivity contribution in [2.45, 2.75) is 51.1 Å². The van der Waals surface area contributed by atoms with Gasteiger partial charge in [-0.3, -0.25) is 13.9 Å². The molecule has 0 aromatic heterocycles. The van der Waals surface area contributed by atoms with Crippen LogP contribution in [-0.2, 0) is 39.0 Å². The maximum atomic E-state index is 14.5. The lowest BCUT2D eigenvalue weighted by Gasteiger charge is -2.34. The summed E-state index contributed by atoms with van der Waals surface area (Å²) in [5, 5.41) is 3.02. The molecule has 0 bridgehead atoms. The van der Waals surface area contributed by atoms with Gasteiger partial charge in [0.25, 0.3) is 10.0 Å². The molecule has 230 valence electrons. The number of hydrogen-bond donors (Lipinski definition) is 1. The maximum absolute atomic E-state index is 14.5. The third-order valence-corrected chi connectivity index (χ3v) is 9.18. The molecule has 4 aromatic carbocycles. The van der Waals surface area contributed by atoms with Crippen LogP contribution in [0.3, 0.4) is 0 Å². The van der Waals surface area contributed by atoms with Gasteiger partial charge in [0.15, 0.2) is 0 Å². The summed E-state index contributed by atoms with van der Waals surface area (Å²) in [5.41, 5.74) is 2.97. The number of sulfonamides is 1. The third-order valence-electron chi connectivity index (χ3n) is 7.40. The number of benzene rings is 4. The molecule has 0 saturated heterocycles. The van der Waals surface area contributed by atoms with Gasteiger partial charge in [-0.2, -0.15) is 0 Å². The van der Waals surface area contributed by atoms with Crippen LogP contribution in [0.5, 0.6) is 0 Å². The van der Waals surface area contributed by atoms with Crippen molar-refractivity contribution in [3.05, 3.63) is 132 Å². The molecule has 2 amide bonds. The first kappa shape index (κ1) is 32.5. The lowest BCUT2D eigenvalue weighted by molar-refractivity contribution is -0.140. The molecule has 0 fully saturated rings. The predicted molar refractivity (Wildman–Crippen MR) is 176 cm³/mol. The predicted octanol–water partition coefficient (Wildman–Crippen LogP) is 5.86. The van der Waals surface area contributed by atoms with E-state index in [0.29, 0.717) is 18.7 Å². The summed E-state index contributed by atoms with van der Waals surface area (Å²) in [6, 6.07) is 33.5. The van der Waals surface area contributed by atoms with Crippen LogP contribution in [0.25, 0.3) is 0 Å². The molecule has 1 N–H and O–H groups in total. The minimum Gasteiger partial charge on any atom is -0.354 e. The zero-order valence-electron chi connectivity index (χ0n) is 25.6. The van der Waals surface area contributed by atoms with E-state index in [1.807, 2.05) is 93.6 Å². The summed E-state index contributed by atoms with van der Waals surface area (Å²) in [7, 11) is -4.13. The van der Waals surface area contributed by atoms with E-state index < -0.39 is 28.5 Å². The molecule has 1 atom stereocenters. The van der Waals surface area contributed by atoms with Crippen LogP contribution in [0.1, 0.15) is 37.5 Å². The van der Waals surface area contributed by atoms with Crippen molar-refractivity contribution in [3.63, 3.8) is 0 Å². The Labute approximate surface area is 261 Å². The third kappa shape index (κ3) is 8.35. The number of carbonyl (C=O) groups excluding carboxylic acids is 2. The zero-order valence-corrected chi connectivity index (χ0v) is 26.4. The standard InChI is InChI=1S/C36H41N3O4S/c1-4-31-20-14-15-23-33(31)39(44(42,43)32-21-12-7-13-22-32)27-35(40)38(26-30-18-10-6-11-19-30)34(36(41)37-25-28(2)3)24-29-16-8-5-9-17-29/h5-23,28,34H,4,24-27H2,1-3H3,(H,37,41)/t34-/m0/s1. The van der Waals surface area contributed by atoms with E-state index in [9.17, 15) is 18.0 Å². The van der Waals surface area contributed by atoms with Crippen LogP contribution in [0.15, 0.2) is 120 Å². The molecule has 0 unspecified atom stereocenters. The van der Waals surface area contributed by atoms with Crippen molar-refractivity contribution in [3.8, 4) is 0 Å². The number of nitrogens with one attached hydrogen (secondary N) is 1. The summed E-state index contributed by atoms with van der Waals surface area (Å²) < 4.78 is 29.5. The first-order valence-corrected chi connectivity index (χ1v) is 16.5. The van der Waals surface area contributed by atoms with Gasteiger partial charge in [-0.05, 0) is 47.2 Å². The SMILES string of the molecule is CCc1ccccc1N(CC(=O)N(Cc1ccccc1)[C@@H](Cc1ccccc1)C(=O)NCC(C)C)S(=O)(=O)c1ccccc1. The number of para-hydroxylation sites is 1. The van der Waals surface area contributed by atoms with Crippen molar-refractivity contribution >= 4 is 27.5 Å². The van der Waals surface area contributed by atoms with Crippen LogP contribution in [0.2, 0.25) is 0 Å². The zero-order chi connectivity index (χ0) is 31.5. The largest absolute Gasteiger partial charge is 0.354 e. The van der Waals surface area contributed by atoms with Crippen LogP contribution in [-0.4, -0.2) is 44.3 Å². The lowest BCUT2D eigenvalue weighted by atomic mass is 10.0. The molecule has 0 heterocycles. The van der Waals surface area contributed by atoms with Gasteiger partial charge in [-0.15, -0.1) is 0 Å². The molecule has 0 saturated carbocycles. The fraction of sp³-hybridized carbons (Fsp3) is 0.278. The van der Waals surface area contributed by atoms with Gasteiger partial charge in [-0.1, -0.05) is 118 Å². The van der Waals surface area contributed by atoms with Gasteiger partial charge < -0.3 is 10.2 Å². The Morgan fingerprint density at radius 2 is 1.30 bits per heavy atom. The van der Waals surface area contributed by atoms with Crippen LogP contribution >= 0.6 is 0 Å². The Balaban J connectivity index is 1.80. The molecule has 4 rings (SSSR count). The first-order chi connectivity index (χ1) is 21.2. The average Bonchev–Trinajstić information content (AvgIpc) is 3.05. The van der Waals surface area contributed by atoms with E-state index in [4.69, 9.17) is 0 Å². The number of nitrogens with zero attached hydrogens (tertiary/aromatic N) is 2. The summed E-state index contributed by atoms with van der Waals surface area (Å²) in [6.45, 7) is 6.10. The van der Waals surface area contributed by atoms with E-state index in [1.165, 1.54) is 21.3 Å². The second-order valence-corrected chi connectivity index (χ2v) is 13.0. The summed E-state index contributed by atoms with van der Waals surface area (Å²) in [6.07, 6.45) is 0.855. The van der Waals surface area contributed by atoms with Gasteiger partial charge >= 0.3 is 0 Å². The minimum absolute atomic E-state index is 0.0869. The Hall–Kier alpha value is -4.43. The quantitative estimate of drug-likeness (QED) is 0.194. The first-order valence-electron chi connectivity index (χ1n) is 15.0. The topological polar surface area (TPSA) is 86.8 Å². The highest BCUT2D eigenvalue weighted by Gasteiger charge is 2.35. The van der Waals surface area contributed by atoms with Gasteiger partial charge in [0.2, 0.25) is 11.8 Å². The van der Waals surface area contributed by atoms with Crippen LogP contribution < -0.4 is 9.62 Å². The molecule has 0 radical (unpaired) electrons.